The molecule has 2 N–H and O–H groups in total. The Morgan fingerprint density at radius 1 is 1.43 bits per heavy atom. The van der Waals surface area contributed by atoms with Gasteiger partial charge in [0.05, 0.1) is 12.1 Å². The van der Waals surface area contributed by atoms with Crippen LogP contribution in [-0.2, 0) is 14.8 Å². The summed E-state index contributed by atoms with van der Waals surface area (Å²) in [5.74, 6) is -1.11. The van der Waals surface area contributed by atoms with Crippen LogP contribution in [0, 0.1) is 0 Å². The fourth-order valence-corrected chi connectivity index (χ4v) is 3.94. The molecular weight excluding hydrogens is 296 g/mol. The van der Waals surface area contributed by atoms with E-state index in [0.717, 1.165) is 12.8 Å². The SMILES string of the molecule is CC1OCCC1NS(=O)(=O)c1cc(C(=O)O)n(C2CC2)c1. The molecule has 1 aliphatic carbocycles. The molecule has 1 aromatic heterocycles. The van der Waals surface area contributed by atoms with Crippen LogP contribution in [0.5, 0.6) is 0 Å². The van der Waals surface area contributed by atoms with Crippen LogP contribution in [0.1, 0.15) is 42.7 Å². The minimum atomic E-state index is -3.73. The van der Waals surface area contributed by atoms with Gasteiger partial charge >= 0.3 is 5.97 Å². The predicted octanol–water partition coefficient (Wildman–Crippen LogP) is 0.977. The Balaban J connectivity index is 1.88. The van der Waals surface area contributed by atoms with Gasteiger partial charge in [0, 0.05) is 18.8 Å². The Morgan fingerprint density at radius 2 is 2.14 bits per heavy atom. The largest absolute Gasteiger partial charge is 0.477 e. The highest BCUT2D eigenvalue weighted by atomic mass is 32.2. The number of carbonyl (C=O) groups is 1. The first-order chi connectivity index (χ1) is 9.88. The molecule has 1 saturated heterocycles. The van der Waals surface area contributed by atoms with Crippen molar-refractivity contribution in [1.82, 2.24) is 9.29 Å². The number of nitrogens with zero attached hydrogens (tertiary/aromatic N) is 1. The van der Waals surface area contributed by atoms with Crippen molar-refractivity contribution in [1.29, 1.82) is 0 Å². The van der Waals surface area contributed by atoms with Crippen LogP contribution in [0.4, 0.5) is 0 Å². The number of hydrogen-bond acceptors (Lipinski definition) is 4. The average Bonchev–Trinajstić information content (AvgIpc) is 3.01. The number of ether oxygens (including phenoxy) is 1. The van der Waals surface area contributed by atoms with Crippen molar-refractivity contribution in [3.63, 3.8) is 0 Å². The minimum absolute atomic E-state index is 0.00546. The summed E-state index contributed by atoms with van der Waals surface area (Å²) < 4.78 is 34.3. The Kier molecular flexibility index (Phi) is 3.54. The Hall–Kier alpha value is -1.38. The maximum Gasteiger partial charge on any atom is 0.352 e. The molecule has 1 aromatic rings. The van der Waals surface area contributed by atoms with Crippen LogP contribution in [0.25, 0.3) is 0 Å². The second-order valence-electron chi connectivity index (χ2n) is 5.60. The van der Waals surface area contributed by atoms with Crippen molar-refractivity contribution in [3.8, 4) is 0 Å². The van der Waals surface area contributed by atoms with Gasteiger partial charge in [-0.1, -0.05) is 0 Å². The summed E-state index contributed by atoms with van der Waals surface area (Å²) in [6.07, 6.45) is 3.63. The van der Waals surface area contributed by atoms with Gasteiger partial charge in [-0.3, -0.25) is 0 Å². The van der Waals surface area contributed by atoms with Crippen LogP contribution in [0.3, 0.4) is 0 Å². The van der Waals surface area contributed by atoms with Gasteiger partial charge in [-0.15, -0.1) is 0 Å². The number of rotatable bonds is 5. The average molecular weight is 314 g/mol. The molecule has 3 rings (SSSR count). The predicted molar refractivity (Wildman–Crippen MR) is 73.8 cm³/mol. The molecule has 2 unspecified atom stereocenters. The molecule has 2 fully saturated rings. The van der Waals surface area contributed by atoms with Crippen LogP contribution >= 0.6 is 0 Å². The Morgan fingerprint density at radius 3 is 2.67 bits per heavy atom. The van der Waals surface area contributed by atoms with E-state index in [-0.39, 0.29) is 28.8 Å². The molecular formula is C13H18N2O5S. The molecule has 1 saturated carbocycles. The van der Waals surface area contributed by atoms with Crippen molar-refractivity contribution in [2.45, 2.75) is 49.3 Å². The zero-order chi connectivity index (χ0) is 15.2. The summed E-state index contributed by atoms with van der Waals surface area (Å²) in [7, 11) is -3.73. The van der Waals surface area contributed by atoms with E-state index in [4.69, 9.17) is 4.74 Å². The Labute approximate surface area is 123 Å². The third kappa shape index (κ3) is 2.83. The van der Waals surface area contributed by atoms with E-state index in [9.17, 15) is 18.3 Å². The van der Waals surface area contributed by atoms with Gasteiger partial charge in [0.15, 0.2) is 0 Å². The molecule has 0 spiro atoms. The van der Waals surface area contributed by atoms with Crippen molar-refractivity contribution in [3.05, 3.63) is 18.0 Å². The van der Waals surface area contributed by atoms with Crippen molar-refractivity contribution < 1.29 is 23.1 Å². The van der Waals surface area contributed by atoms with Crippen LogP contribution in [0.2, 0.25) is 0 Å². The number of carboxylic acids is 1. The zero-order valence-corrected chi connectivity index (χ0v) is 12.5. The number of sulfonamides is 1. The second kappa shape index (κ2) is 5.11. The molecule has 1 aliphatic heterocycles. The maximum atomic E-state index is 12.4. The van der Waals surface area contributed by atoms with Crippen molar-refractivity contribution >= 4 is 16.0 Å². The number of aromatic carboxylic acids is 1. The number of aromatic nitrogens is 1. The zero-order valence-electron chi connectivity index (χ0n) is 11.7. The number of carboxylic acid groups (broad SMARTS) is 1. The highest BCUT2D eigenvalue weighted by Gasteiger charge is 2.33. The van der Waals surface area contributed by atoms with E-state index in [2.05, 4.69) is 4.72 Å². The second-order valence-corrected chi connectivity index (χ2v) is 7.31. The van der Waals surface area contributed by atoms with E-state index < -0.39 is 16.0 Å². The molecule has 2 atom stereocenters. The van der Waals surface area contributed by atoms with E-state index in [1.54, 1.807) is 4.57 Å². The van der Waals surface area contributed by atoms with Gasteiger partial charge < -0.3 is 14.4 Å². The van der Waals surface area contributed by atoms with Crippen molar-refractivity contribution in [2.24, 2.45) is 0 Å². The first kappa shape index (κ1) is 14.6. The molecule has 2 heterocycles. The highest BCUT2D eigenvalue weighted by molar-refractivity contribution is 7.89. The quantitative estimate of drug-likeness (QED) is 0.844. The lowest BCUT2D eigenvalue weighted by Gasteiger charge is -2.15. The molecule has 0 amide bonds. The van der Waals surface area contributed by atoms with E-state index in [0.29, 0.717) is 13.0 Å². The summed E-state index contributed by atoms with van der Waals surface area (Å²) in [5, 5.41) is 9.19. The molecule has 0 aromatic carbocycles. The van der Waals surface area contributed by atoms with E-state index in [1.165, 1.54) is 12.3 Å². The molecule has 21 heavy (non-hydrogen) atoms. The monoisotopic (exact) mass is 314 g/mol. The van der Waals surface area contributed by atoms with Crippen molar-refractivity contribution in [2.75, 3.05) is 6.61 Å². The first-order valence-electron chi connectivity index (χ1n) is 6.97. The van der Waals surface area contributed by atoms with Gasteiger partial charge in [-0.2, -0.15) is 0 Å². The fraction of sp³-hybridized carbons (Fsp3) is 0.615. The van der Waals surface area contributed by atoms with E-state index >= 15 is 0 Å². The van der Waals surface area contributed by atoms with E-state index in [1.807, 2.05) is 6.92 Å². The smallest absolute Gasteiger partial charge is 0.352 e. The molecule has 7 nitrogen and oxygen atoms in total. The number of hydrogen-bond donors (Lipinski definition) is 2. The van der Waals surface area contributed by atoms with Crippen LogP contribution < -0.4 is 4.72 Å². The summed E-state index contributed by atoms with van der Waals surface area (Å²) in [5.41, 5.74) is 0.0218. The molecule has 8 heteroatoms. The highest BCUT2D eigenvalue weighted by Crippen LogP contribution is 2.37. The fourth-order valence-electron chi connectivity index (χ4n) is 2.58. The molecule has 0 bridgehead atoms. The lowest BCUT2D eigenvalue weighted by atomic mass is 10.2. The number of nitrogens with one attached hydrogen (secondary N) is 1. The standard InChI is InChI=1S/C13H18N2O5S/c1-8-11(4-5-20-8)14-21(18,19)10-6-12(13(16)17)15(7-10)9-2-3-9/h6-9,11,14H,2-5H2,1H3,(H,16,17). The molecule has 116 valence electrons. The minimum Gasteiger partial charge on any atom is -0.477 e. The lowest BCUT2D eigenvalue weighted by Crippen LogP contribution is -2.38. The Bertz CT molecular complexity index is 662. The lowest BCUT2D eigenvalue weighted by molar-refractivity contribution is 0.0685. The van der Waals surface area contributed by atoms with Crippen LogP contribution in [-0.4, -0.2) is 42.8 Å². The van der Waals surface area contributed by atoms with Gasteiger partial charge in [0.2, 0.25) is 10.0 Å². The topological polar surface area (TPSA) is 97.6 Å². The summed E-state index contributed by atoms with van der Waals surface area (Å²) in [6.45, 7) is 2.34. The third-order valence-corrected chi connectivity index (χ3v) is 5.43. The summed E-state index contributed by atoms with van der Waals surface area (Å²) in [6, 6.07) is 1.06. The van der Waals surface area contributed by atoms with Gasteiger partial charge in [0.25, 0.3) is 0 Å². The molecule has 0 radical (unpaired) electrons. The molecule has 2 aliphatic rings. The summed E-state index contributed by atoms with van der Waals surface area (Å²) >= 11 is 0. The van der Waals surface area contributed by atoms with Gasteiger partial charge in [0.1, 0.15) is 10.6 Å². The summed E-state index contributed by atoms with van der Waals surface area (Å²) in [4.78, 5) is 11.2. The third-order valence-electron chi connectivity index (χ3n) is 3.98. The normalized spacial score (nSPS) is 26.1. The van der Waals surface area contributed by atoms with Gasteiger partial charge in [-0.25, -0.2) is 17.9 Å². The maximum absolute atomic E-state index is 12.4. The van der Waals surface area contributed by atoms with Gasteiger partial charge in [-0.05, 0) is 32.3 Å². The van der Waals surface area contributed by atoms with Crippen LogP contribution in [0.15, 0.2) is 17.2 Å². The first-order valence-corrected chi connectivity index (χ1v) is 8.46.